The number of ether oxygens (including phenoxy) is 2. The first kappa shape index (κ1) is 56.0. The van der Waals surface area contributed by atoms with Gasteiger partial charge in [0, 0.05) is 12.8 Å². The molecule has 0 heterocycles. The standard InChI is InChI=1S/C47H94NO8P/c1-6-8-10-12-14-15-16-17-18-19-20-21-22-23-24-25-26-27-28-29-30-31-32-34-36-38-40-47(50)56-45(44-55-57(51,52)54-42-41-48(3,4)5)43-53-46(49)39-37-35-33-13-11-9-7-2/h45H,6-44H2,1-5H3/p+1. The molecule has 0 saturated heterocycles. The molecule has 2 atom stereocenters. The minimum absolute atomic E-state index is 0.0365. The third-order valence-corrected chi connectivity index (χ3v) is 11.9. The Kier molecular flexibility index (Phi) is 39.7. The minimum atomic E-state index is -4.36. The molecule has 0 aliphatic heterocycles. The highest BCUT2D eigenvalue weighted by atomic mass is 31.2. The van der Waals surface area contributed by atoms with Crippen molar-refractivity contribution in [2.24, 2.45) is 0 Å². The lowest BCUT2D eigenvalue weighted by Crippen LogP contribution is -2.37. The molecule has 10 heteroatoms. The molecule has 0 spiro atoms. The number of hydrogen-bond donors (Lipinski definition) is 1. The zero-order chi connectivity index (χ0) is 42.1. The summed E-state index contributed by atoms with van der Waals surface area (Å²) in [6.07, 6.45) is 41.9. The van der Waals surface area contributed by atoms with Crippen LogP contribution in [0.15, 0.2) is 0 Å². The van der Waals surface area contributed by atoms with E-state index in [0.29, 0.717) is 17.4 Å². The molecule has 0 aromatic heterocycles. The fourth-order valence-electron chi connectivity index (χ4n) is 7.08. The average Bonchev–Trinajstić information content (AvgIpc) is 3.16. The van der Waals surface area contributed by atoms with Gasteiger partial charge in [0.2, 0.25) is 0 Å². The van der Waals surface area contributed by atoms with Gasteiger partial charge in [-0.25, -0.2) is 4.57 Å². The monoisotopic (exact) mass is 833 g/mol. The number of esters is 2. The summed E-state index contributed by atoms with van der Waals surface area (Å²) in [6, 6.07) is 0. The van der Waals surface area contributed by atoms with Crippen molar-refractivity contribution in [2.75, 3.05) is 47.5 Å². The third kappa shape index (κ3) is 44.4. The number of quaternary nitrogens is 1. The van der Waals surface area contributed by atoms with Crippen LogP contribution in [0.2, 0.25) is 0 Å². The maximum atomic E-state index is 12.7. The Labute approximate surface area is 353 Å². The van der Waals surface area contributed by atoms with Crippen molar-refractivity contribution in [3.05, 3.63) is 0 Å². The van der Waals surface area contributed by atoms with Gasteiger partial charge in [0.05, 0.1) is 27.7 Å². The molecule has 0 aliphatic carbocycles. The topological polar surface area (TPSA) is 108 Å². The highest BCUT2D eigenvalue weighted by Crippen LogP contribution is 2.43. The number of phosphoric acid groups is 1. The van der Waals surface area contributed by atoms with Crippen LogP contribution in [-0.4, -0.2) is 74.9 Å². The second-order valence-corrected chi connectivity index (χ2v) is 19.3. The van der Waals surface area contributed by atoms with E-state index in [9.17, 15) is 19.0 Å². The van der Waals surface area contributed by atoms with Crippen LogP contribution < -0.4 is 0 Å². The first-order chi connectivity index (χ1) is 27.5. The molecule has 0 amide bonds. The number of unbranched alkanes of at least 4 members (excludes halogenated alkanes) is 31. The van der Waals surface area contributed by atoms with Crippen LogP contribution in [0.5, 0.6) is 0 Å². The number of carbonyl (C=O) groups excluding carboxylic acids is 2. The molecule has 57 heavy (non-hydrogen) atoms. The summed E-state index contributed by atoms with van der Waals surface area (Å²) in [6.45, 7) is 4.41. The second kappa shape index (κ2) is 40.4. The summed E-state index contributed by atoms with van der Waals surface area (Å²) in [5, 5.41) is 0. The number of rotatable bonds is 45. The van der Waals surface area contributed by atoms with Crippen molar-refractivity contribution >= 4 is 19.8 Å². The number of likely N-dealkylation sites (N-methyl/N-ethyl adjacent to an activating group) is 1. The molecule has 0 aromatic rings. The molecule has 0 fully saturated rings. The fourth-order valence-corrected chi connectivity index (χ4v) is 7.82. The molecular formula is C47H95NO8P+. The molecule has 0 saturated carbocycles. The molecule has 340 valence electrons. The van der Waals surface area contributed by atoms with Crippen molar-refractivity contribution in [2.45, 2.75) is 245 Å². The Hall–Kier alpha value is -0.990. The van der Waals surface area contributed by atoms with Gasteiger partial charge in [-0.1, -0.05) is 213 Å². The van der Waals surface area contributed by atoms with Gasteiger partial charge in [0.25, 0.3) is 0 Å². The van der Waals surface area contributed by atoms with Crippen LogP contribution in [0.1, 0.15) is 239 Å². The lowest BCUT2D eigenvalue weighted by molar-refractivity contribution is -0.870. The van der Waals surface area contributed by atoms with Gasteiger partial charge in [-0.15, -0.1) is 0 Å². The first-order valence-electron chi connectivity index (χ1n) is 24.3. The third-order valence-electron chi connectivity index (χ3n) is 10.9. The van der Waals surface area contributed by atoms with Gasteiger partial charge in [-0.05, 0) is 12.8 Å². The Morgan fingerprint density at radius 1 is 0.474 bits per heavy atom. The van der Waals surface area contributed by atoms with Gasteiger partial charge >= 0.3 is 19.8 Å². The number of nitrogens with zero attached hydrogens (tertiary/aromatic N) is 1. The Morgan fingerprint density at radius 3 is 1.12 bits per heavy atom. The van der Waals surface area contributed by atoms with Crippen molar-refractivity contribution in [1.82, 2.24) is 0 Å². The van der Waals surface area contributed by atoms with Crippen LogP contribution in [-0.2, 0) is 32.7 Å². The predicted molar refractivity (Wildman–Crippen MR) is 238 cm³/mol. The van der Waals surface area contributed by atoms with Crippen LogP contribution in [0.4, 0.5) is 0 Å². The normalized spacial score (nSPS) is 13.4. The molecular weight excluding hydrogens is 737 g/mol. The van der Waals surface area contributed by atoms with Gasteiger partial charge < -0.3 is 18.9 Å². The van der Waals surface area contributed by atoms with E-state index >= 15 is 0 Å². The maximum absolute atomic E-state index is 12.7. The largest absolute Gasteiger partial charge is 0.472 e. The summed E-state index contributed by atoms with van der Waals surface area (Å²) in [4.78, 5) is 35.2. The van der Waals surface area contributed by atoms with Gasteiger partial charge in [0.15, 0.2) is 6.10 Å². The van der Waals surface area contributed by atoms with Crippen LogP contribution >= 0.6 is 7.82 Å². The Morgan fingerprint density at radius 2 is 0.789 bits per heavy atom. The molecule has 1 N–H and O–H groups in total. The van der Waals surface area contributed by atoms with E-state index in [-0.39, 0.29) is 25.6 Å². The lowest BCUT2D eigenvalue weighted by Gasteiger charge is -2.24. The highest BCUT2D eigenvalue weighted by Gasteiger charge is 2.27. The van der Waals surface area contributed by atoms with E-state index in [4.69, 9.17) is 18.5 Å². The fraction of sp³-hybridized carbons (Fsp3) is 0.957. The zero-order valence-corrected chi connectivity index (χ0v) is 39.2. The first-order valence-corrected chi connectivity index (χ1v) is 25.8. The number of hydrogen-bond acceptors (Lipinski definition) is 7. The summed E-state index contributed by atoms with van der Waals surface area (Å²) in [7, 11) is 1.49. The Bertz CT molecular complexity index is 943. The Balaban J connectivity index is 3.99. The number of phosphoric ester groups is 1. The van der Waals surface area contributed by atoms with Crippen LogP contribution in [0, 0.1) is 0 Å². The second-order valence-electron chi connectivity index (χ2n) is 17.9. The van der Waals surface area contributed by atoms with E-state index in [1.54, 1.807) is 0 Å². The summed E-state index contributed by atoms with van der Waals surface area (Å²) in [5.74, 6) is -0.791. The average molecular weight is 833 g/mol. The van der Waals surface area contributed by atoms with Gasteiger partial charge in [0.1, 0.15) is 19.8 Å². The maximum Gasteiger partial charge on any atom is 0.472 e. The molecule has 9 nitrogen and oxygen atoms in total. The molecule has 0 aromatic carbocycles. The van der Waals surface area contributed by atoms with Gasteiger partial charge in [-0.3, -0.25) is 18.6 Å². The van der Waals surface area contributed by atoms with Crippen molar-refractivity contribution in [1.29, 1.82) is 0 Å². The SMILES string of the molecule is CCCCCCCCCCCCCCCCCCCCCCCCCCCCC(=O)OC(COC(=O)CCCCCCCCC)COP(=O)(O)OCC[N+](C)(C)C. The van der Waals surface area contributed by atoms with Gasteiger partial charge in [-0.2, -0.15) is 0 Å². The minimum Gasteiger partial charge on any atom is -0.462 e. The van der Waals surface area contributed by atoms with Crippen molar-refractivity contribution in [3.8, 4) is 0 Å². The van der Waals surface area contributed by atoms with E-state index in [1.807, 2.05) is 21.1 Å². The molecule has 0 radical (unpaired) electrons. The van der Waals surface area contributed by atoms with Crippen LogP contribution in [0.25, 0.3) is 0 Å². The van der Waals surface area contributed by atoms with E-state index in [0.717, 1.165) is 38.5 Å². The molecule has 0 rings (SSSR count). The van der Waals surface area contributed by atoms with Crippen molar-refractivity contribution < 1.29 is 42.1 Å². The van der Waals surface area contributed by atoms with Crippen LogP contribution in [0.3, 0.4) is 0 Å². The van der Waals surface area contributed by atoms with Crippen molar-refractivity contribution in [3.63, 3.8) is 0 Å². The molecule has 0 bridgehead atoms. The number of carbonyl (C=O) groups is 2. The lowest BCUT2D eigenvalue weighted by atomic mass is 10.0. The molecule has 2 unspecified atom stereocenters. The summed E-state index contributed by atoms with van der Waals surface area (Å²) >= 11 is 0. The van der Waals surface area contributed by atoms with E-state index in [1.165, 1.54) is 173 Å². The quantitative estimate of drug-likeness (QED) is 0.0280. The van der Waals surface area contributed by atoms with E-state index in [2.05, 4.69) is 13.8 Å². The van der Waals surface area contributed by atoms with E-state index < -0.39 is 26.5 Å². The highest BCUT2D eigenvalue weighted by molar-refractivity contribution is 7.47. The molecule has 0 aliphatic rings. The zero-order valence-electron chi connectivity index (χ0n) is 38.4. The smallest absolute Gasteiger partial charge is 0.462 e. The predicted octanol–water partition coefficient (Wildman–Crippen LogP) is 14.0. The summed E-state index contributed by atoms with van der Waals surface area (Å²) < 4.78 is 34.2. The summed E-state index contributed by atoms with van der Waals surface area (Å²) in [5.41, 5.74) is 0.